The average molecular weight is 257 g/mol. The van der Waals surface area contributed by atoms with Gasteiger partial charge < -0.3 is 19.2 Å². The number of nitrogens with zero attached hydrogens (tertiary/aromatic N) is 1. The number of carbonyl (C=O) groups excluding carboxylic acids is 1. The standard InChI is InChI=1S/C11H15NO4S/c13-4-7-15-6-3-12-10(14)8-17-11(12)9-2-1-5-16-9/h1-2,5,11,13H,3-4,6-8H2. The Bertz CT molecular complexity index is 354. The molecule has 1 fully saturated rings. The Balaban J connectivity index is 1.90. The molecule has 1 atom stereocenters. The van der Waals surface area contributed by atoms with Crippen molar-refractivity contribution in [2.24, 2.45) is 0 Å². The second kappa shape index (κ2) is 6.09. The molecule has 5 nitrogen and oxygen atoms in total. The van der Waals surface area contributed by atoms with Gasteiger partial charge in [-0.3, -0.25) is 4.79 Å². The minimum absolute atomic E-state index is 0.00427. The number of rotatable bonds is 6. The Morgan fingerprint density at radius 3 is 3.18 bits per heavy atom. The zero-order chi connectivity index (χ0) is 12.1. The second-order valence-corrected chi connectivity index (χ2v) is 4.67. The van der Waals surface area contributed by atoms with E-state index in [1.165, 1.54) is 0 Å². The van der Waals surface area contributed by atoms with Crippen molar-refractivity contribution >= 4 is 17.7 Å². The van der Waals surface area contributed by atoms with Crippen LogP contribution >= 0.6 is 11.8 Å². The first-order valence-electron chi connectivity index (χ1n) is 5.46. The highest BCUT2D eigenvalue weighted by Crippen LogP contribution is 2.38. The zero-order valence-electron chi connectivity index (χ0n) is 9.37. The predicted molar refractivity (Wildman–Crippen MR) is 63.5 cm³/mol. The van der Waals surface area contributed by atoms with E-state index in [1.54, 1.807) is 22.9 Å². The van der Waals surface area contributed by atoms with Crippen LogP contribution in [0.3, 0.4) is 0 Å². The van der Waals surface area contributed by atoms with Crippen LogP contribution in [-0.4, -0.2) is 48.0 Å². The Morgan fingerprint density at radius 2 is 2.47 bits per heavy atom. The highest BCUT2D eigenvalue weighted by atomic mass is 32.2. The first-order valence-corrected chi connectivity index (χ1v) is 6.51. The smallest absolute Gasteiger partial charge is 0.234 e. The van der Waals surface area contributed by atoms with Gasteiger partial charge in [0.2, 0.25) is 5.91 Å². The number of hydrogen-bond donors (Lipinski definition) is 1. The van der Waals surface area contributed by atoms with Crippen LogP contribution in [0.2, 0.25) is 0 Å². The third-order valence-electron chi connectivity index (χ3n) is 2.47. The van der Waals surface area contributed by atoms with Crippen molar-refractivity contribution in [3.63, 3.8) is 0 Å². The lowest BCUT2D eigenvalue weighted by molar-refractivity contribution is -0.129. The SMILES string of the molecule is O=C1CSC(c2ccco2)N1CCOCCO. The molecule has 1 saturated heterocycles. The molecule has 1 aliphatic heterocycles. The molecule has 94 valence electrons. The van der Waals surface area contributed by atoms with Crippen LogP contribution in [0.1, 0.15) is 11.1 Å². The van der Waals surface area contributed by atoms with Gasteiger partial charge in [-0.2, -0.15) is 0 Å². The van der Waals surface area contributed by atoms with Crippen molar-refractivity contribution in [1.29, 1.82) is 0 Å². The molecule has 0 aromatic carbocycles. The third kappa shape index (κ3) is 3.02. The summed E-state index contributed by atoms with van der Waals surface area (Å²) in [5.41, 5.74) is 0. The second-order valence-electron chi connectivity index (χ2n) is 3.60. The Hall–Kier alpha value is -0.980. The van der Waals surface area contributed by atoms with Gasteiger partial charge in [0.1, 0.15) is 11.1 Å². The summed E-state index contributed by atoms with van der Waals surface area (Å²) < 4.78 is 10.5. The Kier molecular flexibility index (Phi) is 4.47. The lowest BCUT2D eigenvalue weighted by atomic mass is 10.4. The molecule has 0 radical (unpaired) electrons. The van der Waals surface area contributed by atoms with Crippen LogP contribution in [0.25, 0.3) is 0 Å². The zero-order valence-corrected chi connectivity index (χ0v) is 10.2. The Labute approximate surface area is 104 Å². The fourth-order valence-corrected chi connectivity index (χ4v) is 2.86. The van der Waals surface area contributed by atoms with E-state index in [0.29, 0.717) is 25.5 Å². The minimum atomic E-state index is -0.0461. The summed E-state index contributed by atoms with van der Waals surface area (Å²) in [5, 5.41) is 8.54. The van der Waals surface area contributed by atoms with Crippen molar-refractivity contribution in [2.75, 3.05) is 32.1 Å². The molecular weight excluding hydrogens is 242 g/mol. The monoisotopic (exact) mass is 257 g/mol. The largest absolute Gasteiger partial charge is 0.466 e. The topological polar surface area (TPSA) is 62.9 Å². The van der Waals surface area contributed by atoms with Crippen molar-refractivity contribution < 1.29 is 19.1 Å². The maximum absolute atomic E-state index is 11.7. The molecule has 2 rings (SSSR count). The molecule has 2 heterocycles. The molecule has 1 N–H and O–H groups in total. The minimum Gasteiger partial charge on any atom is -0.466 e. The molecule has 0 spiro atoms. The number of thioether (sulfide) groups is 1. The number of amides is 1. The van der Waals surface area contributed by atoms with Gasteiger partial charge in [-0.15, -0.1) is 11.8 Å². The van der Waals surface area contributed by atoms with Crippen molar-refractivity contribution in [1.82, 2.24) is 4.90 Å². The van der Waals surface area contributed by atoms with Crippen LogP contribution in [0.4, 0.5) is 0 Å². The molecule has 1 aromatic rings. The van der Waals surface area contributed by atoms with Crippen LogP contribution in [0, 0.1) is 0 Å². The van der Waals surface area contributed by atoms with Crippen LogP contribution in [0.15, 0.2) is 22.8 Å². The van der Waals surface area contributed by atoms with E-state index in [4.69, 9.17) is 14.3 Å². The van der Waals surface area contributed by atoms with E-state index in [-0.39, 0.29) is 17.9 Å². The molecule has 0 bridgehead atoms. The van der Waals surface area contributed by atoms with E-state index in [9.17, 15) is 4.79 Å². The van der Waals surface area contributed by atoms with Crippen molar-refractivity contribution in [3.8, 4) is 0 Å². The fourth-order valence-electron chi connectivity index (χ4n) is 1.69. The van der Waals surface area contributed by atoms with Gasteiger partial charge in [0.15, 0.2) is 0 Å². The number of aliphatic hydroxyl groups is 1. The first kappa shape index (κ1) is 12.5. The maximum atomic E-state index is 11.7. The summed E-state index contributed by atoms with van der Waals surface area (Å²) in [7, 11) is 0. The van der Waals surface area contributed by atoms with Crippen molar-refractivity contribution in [3.05, 3.63) is 24.2 Å². The quantitative estimate of drug-likeness (QED) is 0.766. The van der Waals surface area contributed by atoms with E-state index in [2.05, 4.69) is 0 Å². The normalized spacial score (nSPS) is 20.2. The summed E-state index contributed by atoms with van der Waals surface area (Å²) >= 11 is 1.56. The lowest BCUT2D eigenvalue weighted by Crippen LogP contribution is -2.31. The highest BCUT2D eigenvalue weighted by Gasteiger charge is 2.34. The fraction of sp³-hybridized carbons (Fsp3) is 0.545. The Morgan fingerprint density at radius 1 is 1.59 bits per heavy atom. The maximum Gasteiger partial charge on any atom is 0.234 e. The van der Waals surface area contributed by atoms with Gasteiger partial charge in [-0.05, 0) is 12.1 Å². The van der Waals surface area contributed by atoms with Gasteiger partial charge in [-0.1, -0.05) is 0 Å². The van der Waals surface area contributed by atoms with Crippen LogP contribution < -0.4 is 0 Å². The number of ether oxygens (including phenoxy) is 1. The van der Waals surface area contributed by atoms with Gasteiger partial charge >= 0.3 is 0 Å². The molecule has 0 aliphatic carbocycles. The molecule has 1 aromatic heterocycles. The van der Waals surface area contributed by atoms with E-state index < -0.39 is 0 Å². The highest BCUT2D eigenvalue weighted by molar-refractivity contribution is 8.00. The summed E-state index contributed by atoms with van der Waals surface area (Å²) in [6, 6.07) is 3.69. The van der Waals surface area contributed by atoms with Gasteiger partial charge in [-0.25, -0.2) is 0 Å². The molecule has 1 unspecified atom stereocenters. The summed E-state index contributed by atoms with van der Waals surface area (Å²) in [4.78, 5) is 13.5. The molecule has 17 heavy (non-hydrogen) atoms. The van der Waals surface area contributed by atoms with E-state index in [1.807, 2.05) is 12.1 Å². The first-order chi connectivity index (χ1) is 8.33. The van der Waals surface area contributed by atoms with Crippen LogP contribution in [-0.2, 0) is 9.53 Å². The molecular formula is C11H15NO4S. The van der Waals surface area contributed by atoms with Crippen molar-refractivity contribution in [2.45, 2.75) is 5.37 Å². The molecule has 6 heteroatoms. The summed E-state index contributed by atoms with van der Waals surface area (Å²) in [6.45, 7) is 1.27. The molecule has 0 saturated carbocycles. The summed E-state index contributed by atoms with van der Waals surface area (Å²) in [6.07, 6.45) is 1.61. The average Bonchev–Trinajstić information content (AvgIpc) is 2.94. The number of aliphatic hydroxyl groups excluding tert-OH is 1. The molecule has 1 amide bonds. The lowest BCUT2D eigenvalue weighted by Gasteiger charge is -2.21. The number of carbonyl (C=O) groups is 1. The van der Waals surface area contributed by atoms with Gasteiger partial charge in [0.05, 0.1) is 31.8 Å². The van der Waals surface area contributed by atoms with Gasteiger partial charge in [0.25, 0.3) is 0 Å². The van der Waals surface area contributed by atoms with E-state index in [0.717, 1.165) is 5.76 Å². The van der Waals surface area contributed by atoms with Gasteiger partial charge in [0, 0.05) is 6.54 Å². The van der Waals surface area contributed by atoms with E-state index >= 15 is 0 Å². The third-order valence-corrected chi connectivity index (χ3v) is 3.68. The number of hydrogen-bond acceptors (Lipinski definition) is 5. The molecule has 1 aliphatic rings. The predicted octanol–water partition coefficient (Wildman–Crippen LogP) is 0.863. The number of furan rings is 1. The van der Waals surface area contributed by atoms with Crippen LogP contribution in [0.5, 0.6) is 0 Å². The summed E-state index contributed by atoms with van der Waals surface area (Å²) in [5.74, 6) is 1.37.